The van der Waals surface area contributed by atoms with Gasteiger partial charge in [-0.1, -0.05) is 42.0 Å². The Bertz CT molecular complexity index is 6390. The number of rotatable bonds is 5. The maximum Gasteiger partial charge on any atom is 0.196 e. The normalized spacial score (nSPS) is 15.9. The molecule has 5 heterocycles. The van der Waals surface area contributed by atoms with Crippen LogP contribution in [0, 0.1) is 177 Å². The summed E-state index contributed by atoms with van der Waals surface area (Å²) in [6.07, 6.45) is 0.619. The van der Waals surface area contributed by atoms with Gasteiger partial charge in [0.15, 0.2) is 56.9 Å². The van der Waals surface area contributed by atoms with Gasteiger partial charge in [-0.2, -0.15) is 0 Å². The third kappa shape index (κ3) is 15.3. The van der Waals surface area contributed by atoms with Gasteiger partial charge in [-0.25, -0.2) is 0 Å². The van der Waals surface area contributed by atoms with Crippen molar-refractivity contribution in [2.24, 2.45) is 0 Å². The van der Waals surface area contributed by atoms with E-state index in [4.69, 9.17) is 65.7 Å². The van der Waals surface area contributed by atoms with Crippen LogP contribution in [-0.2, 0) is 0 Å². The second-order valence-corrected chi connectivity index (χ2v) is 32.3. The lowest BCUT2D eigenvalue weighted by molar-refractivity contribution is 0.731. The highest BCUT2D eigenvalue weighted by atomic mass is 15.4. The summed E-state index contributed by atoms with van der Waals surface area (Å²) in [5, 5.41) is 0. The molecule has 0 aliphatic carbocycles. The number of benzene rings is 10. The topological polar surface area (TPSA) is 76.0 Å². The molecule has 0 aromatic heterocycles. The zero-order chi connectivity index (χ0) is 88.8. The van der Waals surface area contributed by atoms with Gasteiger partial charge in [0.25, 0.3) is 0 Å². The molecular formula is C101H102N20. The van der Waals surface area contributed by atoms with E-state index in [2.05, 4.69) is 297 Å². The molecule has 15 rings (SSSR count). The second kappa shape index (κ2) is 34.3. The quantitative estimate of drug-likeness (QED) is 0.156. The fourth-order valence-corrected chi connectivity index (χ4v) is 17.3. The molecule has 0 saturated carbocycles. The van der Waals surface area contributed by atoms with E-state index in [1.54, 1.807) is 0 Å². The first-order chi connectivity index (χ1) is 57.4. The van der Waals surface area contributed by atoms with E-state index >= 15 is 0 Å². The van der Waals surface area contributed by atoms with Crippen molar-refractivity contribution in [1.29, 1.82) is 0 Å². The first-order valence-electron chi connectivity index (χ1n) is 40.0. The van der Waals surface area contributed by atoms with Crippen molar-refractivity contribution in [1.82, 2.24) is 0 Å². The molecule has 5 atom stereocenters. The predicted octanol–water partition coefficient (Wildman–Crippen LogP) is 28.5. The summed E-state index contributed by atoms with van der Waals surface area (Å²) >= 11 is 0. The van der Waals surface area contributed by atoms with E-state index in [1.807, 2.05) is 95.9 Å². The molecule has 0 amide bonds. The van der Waals surface area contributed by atoms with Gasteiger partial charge in [0.1, 0.15) is 30.8 Å². The van der Waals surface area contributed by atoms with Crippen LogP contribution in [0.1, 0.15) is 124 Å². The van der Waals surface area contributed by atoms with Crippen LogP contribution in [0.4, 0.5) is 142 Å². The molecule has 5 aliphatic rings. The van der Waals surface area contributed by atoms with Crippen molar-refractivity contribution in [2.45, 2.75) is 176 Å². The number of aryl methyl sites for hydroxylation is 11. The van der Waals surface area contributed by atoms with E-state index in [0.29, 0.717) is 56.9 Å². The van der Waals surface area contributed by atoms with Crippen molar-refractivity contribution in [3.63, 3.8) is 0 Å². The Morgan fingerprint density at radius 2 is 0.438 bits per heavy atom. The van der Waals surface area contributed by atoms with Crippen LogP contribution in [0.15, 0.2) is 115 Å². The van der Waals surface area contributed by atoms with E-state index in [1.165, 1.54) is 106 Å². The van der Waals surface area contributed by atoms with Crippen molar-refractivity contribution < 1.29 is 0 Å². The highest BCUT2D eigenvalue weighted by Gasteiger charge is 2.40. The fourth-order valence-electron chi connectivity index (χ4n) is 17.3. The Kier molecular flexibility index (Phi) is 24.7. The fraction of sp³-hybridized carbons (Fsp3) is 0.307. The lowest BCUT2D eigenvalue weighted by Gasteiger charge is -2.31. The molecule has 0 bridgehead atoms. The van der Waals surface area contributed by atoms with Crippen molar-refractivity contribution in [2.75, 3.05) is 84.2 Å². The molecular weight excluding hydrogens is 1490 g/mol. The Labute approximate surface area is 717 Å². The van der Waals surface area contributed by atoms with Crippen LogP contribution in [0.2, 0.25) is 0 Å². The molecule has 121 heavy (non-hydrogen) atoms. The number of fused-ring (bicyclic) bond motifs is 5. The van der Waals surface area contributed by atoms with Gasteiger partial charge < -0.3 is 49.0 Å². The van der Waals surface area contributed by atoms with Gasteiger partial charge in [-0.05, 0) is 308 Å². The Morgan fingerprint density at radius 3 is 0.777 bits per heavy atom. The predicted molar refractivity (Wildman–Crippen MR) is 503 cm³/mol. The summed E-state index contributed by atoms with van der Waals surface area (Å²) in [6.45, 7) is 118. The van der Waals surface area contributed by atoms with Gasteiger partial charge >= 0.3 is 0 Å². The van der Waals surface area contributed by atoms with Gasteiger partial charge in [-0.3, -0.25) is 48.5 Å². The highest BCUT2D eigenvalue weighted by molar-refractivity contribution is 5.98. The van der Waals surface area contributed by atoms with E-state index in [-0.39, 0.29) is 30.8 Å². The molecule has 0 unspecified atom stereocenters. The van der Waals surface area contributed by atoms with E-state index in [9.17, 15) is 0 Å². The van der Waals surface area contributed by atoms with Crippen LogP contribution in [-0.4, -0.2) is 66.1 Å². The van der Waals surface area contributed by atoms with Crippen LogP contribution < -0.4 is 49.0 Å². The number of hydrogen-bond acceptors (Lipinski definition) is 10. The Hall–Kier alpha value is -14.9. The van der Waals surface area contributed by atoms with E-state index in [0.717, 1.165) is 68.2 Å². The highest BCUT2D eigenvalue weighted by Crippen LogP contribution is 2.56. The maximum atomic E-state index is 7.41. The summed E-state index contributed by atoms with van der Waals surface area (Å²) < 4.78 is 0. The summed E-state index contributed by atoms with van der Waals surface area (Å²) in [5.41, 5.74) is 40.1. The number of nitrogens with zero attached hydrogens (tertiary/aromatic N) is 20. The second-order valence-electron chi connectivity index (χ2n) is 32.3. The van der Waals surface area contributed by atoms with Gasteiger partial charge in [-0.15, -0.1) is 0 Å². The third-order valence-corrected chi connectivity index (χ3v) is 25.3. The molecule has 0 N–H and O–H groups in total. The lowest BCUT2D eigenvalue weighted by atomic mass is 9.97. The van der Waals surface area contributed by atoms with Crippen molar-refractivity contribution in [3.8, 4) is 0 Å². The average Bonchev–Trinajstić information content (AvgIpc) is 1.63. The molecule has 0 spiro atoms. The SMILES string of the molecule is [C-]#[N+]c1cc2c(cc1[N+]#[C-])N(c1c(C)cc(C)cc1C)[C@@H](C)N2C.[C-]#[N+]c1cc2c(cc1[N+]#[C-])N(c1c(C)ccc(C)c1C)[C@@H](C)N2C.[C-]#[N+]c1cc2c(cc1[N+]#[C-])N(c1cc(C)c(C)c(C)c1C)[C@@H](C)N2C.[C-]#[N+]c1cc2c(cc1[N+]#[C-])N(c1cc(C)c(C)cc1C)[C@@H](C)N2C.[C-]#[N+]c1cc2c(cc1[N+]#[C-])N(c1cc(C)cc(C)c1C)[C@@H](C)N2C. The standard InChI is InChI=1S/C21H22N4.4C20H20N4/c1-12-9-19(15(4)14(3)13(12)2)25-16(5)24(8)20-10-17(22-6)18(23-7)11-21(20)25;1-12-8-14(3)18(9-13(12)2)24-15(4)23(7)19-10-16(21-5)17(22-6)11-20(19)24;1-12-8-13(2)14(3)18(9-12)24-15(4)23(7)19-10-16(21-5)17(22-6)11-20(19)24;1-12-8-13(2)20(14(3)9-12)24-15(4)23(7)18-10-16(21-5)17(22-6)11-19(18)24;1-12-8-9-13(2)20(14(12)3)24-15(4)23(7)18-10-16(21-5)17(22-6)11-19(18)24/h9-11,16H,1-5,8H3;4*8-11,15H,1-4,7H3/t16-;4*15-/m00000/s1. The largest absolute Gasteiger partial charge is 0.354 e. The van der Waals surface area contributed by atoms with Gasteiger partial charge in [0.05, 0.1) is 94.2 Å². The molecule has 10 aromatic carbocycles. The molecule has 606 valence electrons. The summed E-state index contributed by atoms with van der Waals surface area (Å²) in [7, 11) is 10.2. The summed E-state index contributed by atoms with van der Waals surface area (Å²) in [6, 6.07) is 38.2. The minimum Gasteiger partial charge on any atom is -0.354 e. The van der Waals surface area contributed by atoms with Gasteiger partial charge in [0, 0.05) is 92.1 Å². The summed E-state index contributed by atoms with van der Waals surface area (Å²) in [5.74, 6) is 0. The molecule has 0 saturated heterocycles. The molecule has 5 aliphatic heterocycles. The average molecular weight is 1600 g/mol. The number of anilines is 15. The molecule has 20 nitrogen and oxygen atoms in total. The van der Waals surface area contributed by atoms with Crippen LogP contribution in [0.5, 0.6) is 0 Å². The minimum atomic E-state index is 0.120. The third-order valence-electron chi connectivity index (χ3n) is 25.3. The molecule has 10 aromatic rings. The van der Waals surface area contributed by atoms with E-state index < -0.39 is 0 Å². The zero-order valence-corrected chi connectivity index (χ0v) is 74.3. The van der Waals surface area contributed by atoms with Crippen molar-refractivity contribution in [3.05, 3.63) is 318 Å². The Morgan fingerprint density at radius 1 is 0.190 bits per heavy atom. The summed E-state index contributed by atoms with van der Waals surface area (Å²) in [4.78, 5) is 57.5. The zero-order valence-electron chi connectivity index (χ0n) is 74.3. The van der Waals surface area contributed by atoms with Crippen molar-refractivity contribution >= 4 is 142 Å². The smallest absolute Gasteiger partial charge is 0.196 e. The Balaban J connectivity index is 0.000000148. The molecule has 0 radical (unpaired) electrons. The first-order valence-corrected chi connectivity index (χ1v) is 40.0. The first kappa shape index (κ1) is 86.9. The van der Waals surface area contributed by atoms with Crippen LogP contribution in [0.25, 0.3) is 48.5 Å². The maximum absolute atomic E-state index is 7.41. The monoisotopic (exact) mass is 1590 g/mol. The minimum absolute atomic E-state index is 0.120. The lowest BCUT2D eigenvalue weighted by Crippen LogP contribution is -2.36. The van der Waals surface area contributed by atoms with Crippen LogP contribution in [0.3, 0.4) is 0 Å². The van der Waals surface area contributed by atoms with Gasteiger partial charge in [0.2, 0.25) is 0 Å². The molecule has 0 fully saturated rings. The number of hydrogen-bond donors (Lipinski definition) is 0. The van der Waals surface area contributed by atoms with Crippen LogP contribution >= 0.6 is 0 Å². The molecule has 20 heteroatoms.